The smallest absolute Gasteiger partial charge is 0.341 e. The Bertz CT molecular complexity index is 1170. The van der Waals surface area contributed by atoms with Crippen molar-refractivity contribution in [1.29, 1.82) is 0 Å². The van der Waals surface area contributed by atoms with Crippen molar-refractivity contribution in [3.05, 3.63) is 80.9 Å². The number of ether oxygens (including phenoxy) is 4. The summed E-state index contributed by atoms with van der Waals surface area (Å²) in [4.78, 5) is 24.4. The summed E-state index contributed by atoms with van der Waals surface area (Å²) in [5.74, 6) is -0.718. The highest BCUT2D eigenvalue weighted by atomic mass is 35.5. The molecule has 0 radical (unpaired) electrons. The second-order valence-corrected chi connectivity index (χ2v) is 10.8. The fourth-order valence-electron chi connectivity index (χ4n) is 5.23. The lowest BCUT2D eigenvalue weighted by atomic mass is 9.95. The lowest BCUT2D eigenvalue weighted by molar-refractivity contribution is -0.169. The first-order valence-electron chi connectivity index (χ1n) is 13.1. The van der Waals surface area contributed by atoms with E-state index in [1.165, 1.54) is 14.0 Å². The van der Waals surface area contributed by atoms with E-state index in [2.05, 4.69) is 25.1 Å². The van der Waals surface area contributed by atoms with E-state index in [0.29, 0.717) is 11.5 Å². The molecule has 1 fully saturated rings. The molecule has 1 aliphatic rings. The summed E-state index contributed by atoms with van der Waals surface area (Å²) >= 11 is 6.71. The van der Waals surface area contributed by atoms with Gasteiger partial charge >= 0.3 is 11.9 Å². The van der Waals surface area contributed by atoms with Gasteiger partial charge in [-0.2, -0.15) is 0 Å². The van der Waals surface area contributed by atoms with E-state index in [0.717, 1.165) is 39.8 Å². The number of allylic oxidation sites excluding steroid dienone is 1. The number of carbonyl (C=O) groups is 2. The van der Waals surface area contributed by atoms with Crippen LogP contribution in [-0.2, 0) is 35.0 Å². The van der Waals surface area contributed by atoms with E-state index < -0.39 is 17.9 Å². The van der Waals surface area contributed by atoms with Gasteiger partial charge in [-0.25, -0.2) is 4.79 Å². The van der Waals surface area contributed by atoms with Crippen molar-refractivity contribution in [1.82, 2.24) is 0 Å². The van der Waals surface area contributed by atoms with Crippen LogP contribution in [0, 0.1) is 26.7 Å². The van der Waals surface area contributed by atoms with Crippen molar-refractivity contribution in [2.24, 2.45) is 5.92 Å². The third-order valence-electron chi connectivity index (χ3n) is 6.81. The zero-order valence-electron chi connectivity index (χ0n) is 23.4. The molecule has 3 rings (SSSR count). The third kappa shape index (κ3) is 7.25. The molecule has 0 amide bonds. The number of hydrogen-bond acceptors (Lipinski definition) is 6. The lowest BCUT2D eigenvalue weighted by Gasteiger charge is -2.25. The van der Waals surface area contributed by atoms with Gasteiger partial charge in [0.15, 0.2) is 11.9 Å². The zero-order chi connectivity index (χ0) is 28.0. The van der Waals surface area contributed by atoms with E-state index >= 15 is 0 Å². The zero-order valence-corrected chi connectivity index (χ0v) is 24.2. The Morgan fingerprint density at radius 1 is 1.18 bits per heavy atom. The Hall–Kier alpha value is -2.67. The van der Waals surface area contributed by atoms with E-state index in [9.17, 15) is 9.59 Å². The van der Waals surface area contributed by atoms with Crippen LogP contribution in [0.5, 0.6) is 0 Å². The molecule has 206 valence electrons. The molecular weight excluding hydrogens is 504 g/mol. The molecule has 0 spiro atoms. The van der Waals surface area contributed by atoms with Crippen molar-refractivity contribution in [2.45, 2.75) is 78.8 Å². The van der Waals surface area contributed by atoms with Crippen LogP contribution in [0.3, 0.4) is 0 Å². The maximum atomic E-state index is 12.9. The minimum absolute atomic E-state index is 0.0478. The SMILES string of the molecule is CC[C@H](OC(C)=O)c1cccc(C[C@H](C)/C=C(\Cl)C[C@]2(C(=O)OC)CO[C@@H](c3c(C)cc(C)cc3C)O2)c1. The number of hydrogen-bond donors (Lipinski definition) is 0. The summed E-state index contributed by atoms with van der Waals surface area (Å²) in [5, 5.41) is 0.506. The van der Waals surface area contributed by atoms with Crippen LogP contribution in [0.1, 0.15) is 79.4 Å². The van der Waals surface area contributed by atoms with Gasteiger partial charge in [-0.1, -0.05) is 73.5 Å². The van der Waals surface area contributed by atoms with Crippen molar-refractivity contribution >= 4 is 23.5 Å². The molecule has 2 aromatic rings. The van der Waals surface area contributed by atoms with Crippen LogP contribution in [0.15, 0.2) is 47.5 Å². The van der Waals surface area contributed by atoms with Gasteiger partial charge in [0.25, 0.3) is 0 Å². The third-order valence-corrected chi connectivity index (χ3v) is 7.07. The predicted molar refractivity (Wildman–Crippen MR) is 148 cm³/mol. The molecule has 1 aliphatic heterocycles. The van der Waals surface area contributed by atoms with Gasteiger partial charge in [-0.15, -0.1) is 0 Å². The summed E-state index contributed by atoms with van der Waals surface area (Å²) in [6.45, 7) is 11.6. The van der Waals surface area contributed by atoms with Gasteiger partial charge in [-0.3, -0.25) is 4.79 Å². The standard InChI is InChI=1S/C31H39ClO6/c1-8-27(37-23(6)33)25-11-9-10-24(16-25)14-20(3)15-26(32)17-31(30(34)35-7)18-36-29(38-31)28-21(4)12-19(2)13-22(28)5/h9-13,15-16,20,27,29H,8,14,17-18H2,1-7H3/b26-15-/t20-,27-,29+,31+/m0/s1. The number of halogens is 1. The molecule has 1 heterocycles. The highest BCUT2D eigenvalue weighted by Gasteiger charge is 2.50. The topological polar surface area (TPSA) is 71.1 Å². The normalized spacial score (nSPS) is 21.2. The van der Waals surface area contributed by atoms with E-state index in [1.54, 1.807) is 0 Å². The number of rotatable bonds is 10. The second kappa shape index (κ2) is 12.9. The lowest BCUT2D eigenvalue weighted by Crippen LogP contribution is -2.42. The van der Waals surface area contributed by atoms with Gasteiger partial charge in [0.2, 0.25) is 0 Å². The predicted octanol–water partition coefficient (Wildman–Crippen LogP) is 6.97. The maximum Gasteiger partial charge on any atom is 0.341 e. The van der Waals surface area contributed by atoms with Crippen LogP contribution in [0.25, 0.3) is 0 Å². The number of benzene rings is 2. The number of aryl methyl sites for hydroxylation is 3. The van der Waals surface area contributed by atoms with Crippen LogP contribution in [0.4, 0.5) is 0 Å². The maximum absolute atomic E-state index is 12.9. The number of esters is 2. The Balaban J connectivity index is 1.75. The van der Waals surface area contributed by atoms with E-state index in [4.69, 9.17) is 30.5 Å². The number of carbonyl (C=O) groups excluding carboxylic acids is 2. The molecule has 0 N–H and O–H groups in total. The first kappa shape index (κ1) is 29.9. The quantitative estimate of drug-likeness (QED) is 0.302. The molecule has 0 bridgehead atoms. The monoisotopic (exact) mass is 542 g/mol. The Morgan fingerprint density at radius 3 is 2.47 bits per heavy atom. The Kier molecular flexibility index (Phi) is 10.2. The largest absolute Gasteiger partial charge is 0.467 e. The van der Waals surface area contributed by atoms with Gasteiger partial charge in [0.05, 0.1) is 13.7 Å². The summed E-state index contributed by atoms with van der Waals surface area (Å²) in [6, 6.07) is 12.2. The Morgan fingerprint density at radius 2 is 1.87 bits per heavy atom. The van der Waals surface area contributed by atoms with Crippen molar-refractivity contribution in [3.63, 3.8) is 0 Å². The van der Waals surface area contributed by atoms with Gasteiger partial charge in [0, 0.05) is 23.9 Å². The highest BCUT2D eigenvalue weighted by Crippen LogP contribution is 2.41. The highest BCUT2D eigenvalue weighted by molar-refractivity contribution is 6.29. The average Bonchev–Trinajstić information content (AvgIpc) is 3.25. The van der Waals surface area contributed by atoms with Gasteiger partial charge < -0.3 is 18.9 Å². The number of methoxy groups -OCH3 is 1. The molecule has 0 saturated carbocycles. The molecule has 7 heteroatoms. The van der Waals surface area contributed by atoms with Gasteiger partial charge in [-0.05, 0) is 61.8 Å². The minimum atomic E-state index is -1.32. The van der Waals surface area contributed by atoms with E-state index in [1.807, 2.05) is 52.0 Å². The van der Waals surface area contributed by atoms with Crippen LogP contribution < -0.4 is 0 Å². The first-order chi connectivity index (χ1) is 18.0. The average molecular weight is 543 g/mol. The molecule has 0 aromatic heterocycles. The minimum Gasteiger partial charge on any atom is -0.467 e. The van der Waals surface area contributed by atoms with Crippen LogP contribution in [-0.4, -0.2) is 31.3 Å². The summed E-state index contributed by atoms with van der Waals surface area (Å²) in [5.41, 5.74) is 4.92. The summed E-state index contributed by atoms with van der Waals surface area (Å²) in [6.07, 6.45) is 2.58. The van der Waals surface area contributed by atoms with Crippen LogP contribution >= 0.6 is 11.6 Å². The second-order valence-electron chi connectivity index (χ2n) is 10.3. The van der Waals surface area contributed by atoms with Crippen molar-refractivity contribution in [2.75, 3.05) is 13.7 Å². The molecule has 6 nitrogen and oxygen atoms in total. The molecule has 2 aromatic carbocycles. The Labute approximate surface area is 231 Å². The molecule has 1 saturated heterocycles. The molecule has 0 aliphatic carbocycles. The molecular formula is C31H39ClO6. The first-order valence-corrected chi connectivity index (χ1v) is 13.4. The van der Waals surface area contributed by atoms with Crippen molar-refractivity contribution < 1.29 is 28.5 Å². The van der Waals surface area contributed by atoms with Crippen LogP contribution in [0.2, 0.25) is 0 Å². The van der Waals surface area contributed by atoms with Crippen molar-refractivity contribution in [3.8, 4) is 0 Å². The fraction of sp³-hybridized carbons (Fsp3) is 0.484. The fourth-order valence-corrected chi connectivity index (χ4v) is 5.66. The van der Waals surface area contributed by atoms with Gasteiger partial charge in [0.1, 0.15) is 6.10 Å². The molecule has 38 heavy (non-hydrogen) atoms. The summed E-state index contributed by atoms with van der Waals surface area (Å²) < 4.78 is 22.9. The molecule has 0 unspecified atom stereocenters. The summed E-state index contributed by atoms with van der Waals surface area (Å²) in [7, 11) is 1.34. The van der Waals surface area contributed by atoms with E-state index in [-0.39, 0.29) is 31.0 Å². The molecule has 4 atom stereocenters.